The Hall–Kier alpha value is -1.86. The summed E-state index contributed by atoms with van der Waals surface area (Å²) in [7, 11) is -4.42. The first-order valence-corrected chi connectivity index (χ1v) is 12.7. The van der Waals surface area contributed by atoms with Crippen LogP contribution in [-0.2, 0) is 20.6 Å². The number of ether oxygens (including phenoxy) is 2. The van der Waals surface area contributed by atoms with Crippen LogP contribution < -0.4 is 5.32 Å². The molecule has 0 unspecified atom stereocenters. The maximum absolute atomic E-state index is 11.1. The molecule has 1 fully saturated rings. The summed E-state index contributed by atoms with van der Waals surface area (Å²) in [4.78, 5) is 26.4. The van der Waals surface area contributed by atoms with Crippen molar-refractivity contribution in [2.45, 2.75) is 44.1 Å². The standard InChI is InChI=1S/C19H22Cl2N5O7P/c1-9(32-8-34(29,30)31)15-13(27)14(28)18(33-15)26-17-11(7-23-26)16(24-19(21)25-17)22-6-10-4-2-3-5-12(10)20/h2-5,7,9,13-15,18,27-28H,6,8H2,1H3,(H,22,24,25)(H2,29,30,31)/t9-,13+,14-,15-,18-/m1/s1. The molecule has 1 aliphatic heterocycles. The molecule has 34 heavy (non-hydrogen) atoms. The van der Waals surface area contributed by atoms with Gasteiger partial charge in [-0.05, 0) is 30.2 Å². The summed E-state index contributed by atoms with van der Waals surface area (Å²) in [5.74, 6) is 0.379. The van der Waals surface area contributed by atoms with Crippen LogP contribution in [0.2, 0.25) is 10.3 Å². The molecule has 12 nitrogen and oxygen atoms in total. The van der Waals surface area contributed by atoms with Crippen molar-refractivity contribution >= 4 is 47.6 Å². The number of aromatic nitrogens is 4. The number of hydrogen-bond donors (Lipinski definition) is 5. The monoisotopic (exact) mass is 533 g/mol. The molecule has 4 rings (SSSR count). The molecule has 15 heteroatoms. The maximum Gasteiger partial charge on any atom is 0.350 e. The van der Waals surface area contributed by atoms with Gasteiger partial charge >= 0.3 is 7.60 Å². The molecule has 0 spiro atoms. The highest BCUT2D eigenvalue weighted by atomic mass is 35.5. The van der Waals surface area contributed by atoms with Crippen LogP contribution in [0.5, 0.6) is 0 Å². The van der Waals surface area contributed by atoms with Crippen LogP contribution in [0.3, 0.4) is 0 Å². The van der Waals surface area contributed by atoms with E-state index in [-0.39, 0.29) is 10.9 Å². The lowest BCUT2D eigenvalue weighted by Gasteiger charge is -2.22. The van der Waals surface area contributed by atoms with E-state index in [1.165, 1.54) is 17.8 Å². The molecule has 2 aromatic heterocycles. The minimum absolute atomic E-state index is 0.0844. The third kappa shape index (κ3) is 5.35. The van der Waals surface area contributed by atoms with Crippen LogP contribution in [-0.4, -0.2) is 70.5 Å². The lowest BCUT2D eigenvalue weighted by molar-refractivity contribution is -0.0972. The number of nitrogens with one attached hydrogen (secondary N) is 1. The molecule has 1 saturated heterocycles. The van der Waals surface area contributed by atoms with Crippen LogP contribution in [0.4, 0.5) is 5.82 Å². The molecule has 0 bridgehead atoms. The number of aliphatic hydroxyl groups excluding tert-OH is 2. The minimum atomic E-state index is -4.42. The fourth-order valence-corrected chi connectivity index (χ4v) is 4.42. The minimum Gasteiger partial charge on any atom is -0.387 e. The van der Waals surface area contributed by atoms with E-state index < -0.39 is 44.6 Å². The molecule has 0 aliphatic carbocycles. The van der Waals surface area contributed by atoms with E-state index in [4.69, 9.17) is 42.5 Å². The van der Waals surface area contributed by atoms with E-state index in [1.54, 1.807) is 6.07 Å². The van der Waals surface area contributed by atoms with Crippen molar-refractivity contribution in [1.29, 1.82) is 0 Å². The first kappa shape index (κ1) is 25.2. The van der Waals surface area contributed by atoms with Gasteiger partial charge in [0.15, 0.2) is 11.9 Å². The summed E-state index contributed by atoms with van der Waals surface area (Å²) in [6, 6.07) is 7.31. The van der Waals surface area contributed by atoms with Gasteiger partial charge in [-0.3, -0.25) is 4.57 Å². The summed E-state index contributed by atoms with van der Waals surface area (Å²) < 4.78 is 23.2. The van der Waals surface area contributed by atoms with Gasteiger partial charge in [0, 0.05) is 11.6 Å². The molecule has 5 atom stereocenters. The molecule has 3 heterocycles. The summed E-state index contributed by atoms with van der Waals surface area (Å²) in [6.45, 7) is 1.82. The van der Waals surface area contributed by atoms with Crippen molar-refractivity contribution in [2.75, 3.05) is 11.7 Å². The second kappa shape index (κ2) is 10.0. The third-order valence-electron chi connectivity index (χ3n) is 5.32. The van der Waals surface area contributed by atoms with Gasteiger partial charge in [-0.1, -0.05) is 29.8 Å². The number of nitrogens with zero attached hydrogens (tertiary/aromatic N) is 4. The van der Waals surface area contributed by atoms with Crippen LogP contribution in [0.15, 0.2) is 30.5 Å². The van der Waals surface area contributed by atoms with Gasteiger partial charge in [0.2, 0.25) is 5.28 Å². The number of halogens is 2. The quantitative estimate of drug-likeness (QED) is 0.211. The van der Waals surface area contributed by atoms with E-state index in [0.717, 1.165) is 5.56 Å². The summed E-state index contributed by atoms with van der Waals surface area (Å²) in [5.41, 5.74) is 1.08. The molecule has 184 valence electrons. The zero-order valence-electron chi connectivity index (χ0n) is 17.7. The Labute approximate surface area is 203 Å². The molecule has 1 aromatic carbocycles. The normalized spacial score (nSPS) is 24.0. The largest absolute Gasteiger partial charge is 0.387 e. The predicted octanol–water partition coefficient (Wildman–Crippen LogP) is 1.90. The third-order valence-corrected chi connectivity index (χ3v) is 6.34. The van der Waals surface area contributed by atoms with Crippen LogP contribution >= 0.6 is 30.8 Å². The summed E-state index contributed by atoms with van der Waals surface area (Å²) >= 11 is 12.3. The van der Waals surface area contributed by atoms with Gasteiger partial charge in [-0.25, -0.2) is 4.68 Å². The van der Waals surface area contributed by atoms with Crippen molar-refractivity contribution in [3.05, 3.63) is 46.3 Å². The molecule has 0 radical (unpaired) electrons. The summed E-state index contributed by atoms with van der Waals surface area (Å²) in [5, 5.41) is 29.4. The Bertz CT molecular complexity index is 1220. The first-order valence-electron chi connectivity index (χ1n) is 10.1. The van der Waals surface area contributed by atoms with E-state index in [9.17, 15) is 14.8 Å². The van der Waals surface area contributed by atoms with Crippen molar-refractivity contribution < 1.29 is 34.0 Å². The number of fused-ring (bicyclic) bond motifs is 1. The van der Waals surface area contributed by atoms with Gasteiger partial charge in [-0.15, -0.1) is 0 Å². The number of aliphatic hydroxyl groups is 2. The highest BCUT2D eigenvalue weighted by Crippen LogP contribution is 2.38. The van der Waals surface area contributed by atoms with Crippen molar-refractivity contribution in [1.82, 2.24) is 19.7 Å². The SMILES string of the molecule is C[C@@H](OCP(=O)(O)O)[C@H]1O[C@@H](n2ncc3c(NCc4ccccc4Cl)nc(Cl)nc32)[C@H](O)[C@@H]1O. The molecular formula is C19H22Cl2N5O7P. The van der Waals surface area contributed by atoms with E-state index in [2.05, 4.69) is 20.4 Å². The van der Waals surface area contributed by atoms with E-state index in [0.29, 0.717) is 22.8 Å². The lowest BCUT2D eigenvalue weighted by atomic mass is 10.1. The molecule has 0 saturated carbocycles. The fraction of sp³-hybridized carbons (Fsp3) is 0.421. The number of anilines is 1. The number of rotatable bonds is 8. The average Bonchev–Trinajstić information content (AvgIpc) is 3.32. The van der Waals surface area contributed by atoms with Crippen molar-refractivity contribution in [3.63, 3.8) is 0 Å². The first-order chi connectivity index (χ1) is 16.0. The second-order valence-corrected chi connectivity index (χ2v) is 10.1. The van der Waals surface area contributed by atoms with Gasteiger partial charge in [0.1, 0.15) is 30.5 Å². The molecule has 0 amide bonds. The molecule has 3 aromatic rings. The van der Waals surface area contributed by atoms with Gasteiger partial charge < -0.3 is 34.8 Å². The number of hydrogen-bond acceptors (Lipinski definition) is 9. The highest BCUT2D eigenvalue weighted by Gasteiger charge is 2.47. The Morgan fingerprint density at radius 3 is 2.68 bits per heavy atom. The van der Waals surface area contributed by atoms with Crippen LogP contribution in [0, 0.1) is 0 Å². The molecule has 1 aliphatic rings. The van der Waals surface area contributed by atoms with Gasteiger partial charge in [0.05, 0.1) is 17.7 Å². The van der Waals surface area contributed by atoms with Gasteiger partial charge in [-0.2, -0.15) is 15.1 Å². The smallest absolute Gasteiger partial charge is 0.350 e. The fourth-order valence-electron chi connectivity index (χ4n) is 3.63. The van der Waals surface area contributed by atoms with Crippen LogP contribution in [0.25, 0.3) is 11.0 Å². The topological polar surface area (TPSA) is 172 Å². The van der Waals surface area contributed by atoms with Gasteiger partial charge in [0.25, 0.3) is 0 Å². The predicted molar refractivity (Wildman–Crippen MR) is 122 cm³/mol. The average molecular weight is 534 g/mol. The van der Waals surface area contributed by atoms with Crippen LogP contribution in [0.1, 0.15) is 18.7 Å². The highest BCUT2D eigenvalue weighted by molar-refractivity contribution is 7.51. The lowest BCUT2D eigenvalue weighted by Crippen LogP contribution is -2.38. The Balaban J connectivity index is 1.57. The summed E-state index contributed by atoms with van der Waals surface area (Å²) in [6.07, 6.45) is -5.41. The zero-order chi connectivity index (χ0) is 24.6. The number of benzene rings is 1. The maximum atomic E-state index is 11.1. The van der Waals surface area contributed by atoms with E-state index >= 15 is 0 Å². The Kier molecular flexibility index (Phi) is 7.44. The Morgan fingerprint density at radius 1 is 1.24 bits per heavy atom. The Morgan fingerprint density at radius 2 is 1.97 bits per heavy atom. The zero-order valence-corrected chi connectivity index (χ0v) is 20.1. The van der Waals surface area contributed by atoms with E-state index in [1.807, 2.05) is 18.2 Å². The molecule has 5 N–H and O–H groups in total. The van der Waals surface area contributed by atoms with Crippen molar-refractivity contribution in [3.8, 4) is 0 Å². The van der Waals surface area contributed by atoms with Crippen molar-refractivity contribution in [2.24, 2.45) is 0 Å². The molecular weight excluding hydrogens is 512 g/mol. The second-order valence-electron chi connectivity index (χ2n) is 7.75.